The highest BCUT2D eigenvalue weighted by Crippen LogP contribution is 2.31. The Kier molecular flexibility index (Phi) is 16.9. The number of Topliss-reactive ketones (excluding diaryl/α,β-unsaturated/α-hetero) is 2. The van der Waals surface area contributed by atoms with Gasteiger partial charge in [-0.15, -0.1) is 22.7 Å². The van der Waals surface area contributed by atoms with E-state index in [9.17, 15) is 19.2 Å². The quantitative estimate of drug-likeness (QED) is 0.0920. The minimum absolute atomic E-state index is 0.0808. The summed E-state index contributed by atoms with van der Waals surface area (Å²) >= 11 is 3.36. The van der Waals surface area contributed by atoms with Crippen LogP contribution in [0.4, 0.5) is 21.0 Å². The van der Waals surface area contributed by atoms with E-state index in [4.69, 9.17) is 11.5 Å². The molecule has 6 aromatic rings. The van der Waals surface area contributed by atoms with Gasteiger partial charge in [0.05, 0.1) is 0 Å². The molecule has 0 atom stereocenters. The first-order valence-corrected chi connectivity index (χ1v) is 27.6. The number of benzene rings is 4. The van der Waals surface area contributed by atoms with E-state index in [-0.39, 0.29) is 23.6 Å². The van der Waals surface area contributed by atoms with Crippen molar-refractivity contribution in [2.75, 3.05) is 84.0 Å². The minimum atomic E-state index is 0.0808. The number of rotatable bonds is 12. The standard InChI is InChI=1S/C30H36N4O2S.C29H33N3O2S/c1-32-14-16-34(17-15-32)30(36)33-12-10-23(11-13-33)19-22-4-6-24(7-5-22)28(35)21-26-20-25(8-9-27(26)31)29-3-2-18-37-29;30-26-10-9-24(28-4-3-17-35-28)19-25(26)20-27(33)23-7-5-21(6-8-23)18-22-11-15-32(16-12-22)29(34)31-13-1-2-14-31/h2-9,18,20,23H,10-17,19,21,31H2,1H3;3-10,17,19,22H,1-2,11-16,18,20,30H2. The fourth-order valence-electron chi connectivity index (χ4n) is 10.5. The number of piperidine rings is 2. The van der Waals surface area contributed by atoms with Crippen molar-refractivity contribution in [1.29, 1.82) is 0 Å². The molecule has 4 fully saturated rings. The number of urea groups is 2. The average molecular weight is 1000 g/mol. The monoisotopic (exact) mass is 1000 g/mol. The molecule has 0 saturated carbocycles. The van der Waals surface area contributed by atoms with Gasteiger partial charge in [0.2, 0.25) is 0 Å². The van der Waals surface area contributed by atoms with E-state index >= 15 is 0 Å². The van der Waals surface area contributed by atoms with Crippen molar-refractivity contribution in [3.63, 3.8) is 0 Å². The van der Waals surface area contributed by atoms with Gasteiger partial charge in [-0.3, -0.25) is 9.59 Å². The van der Waals surface area contributed by atoms with Gasteiger partial charge in [0.1, 0.15) is 0 Å². The zero-order valence-electron chi connectivity index (χ0n) is 41.7. The average Bonchev–Trinajstić information content (AvgIpc) is 4.25. The summed E-state index contributed by atoms with van der Waals surface area (Å²) in [5.74, 6) is 1.31. The summed E-state index contributed by atoms with van der Waals surface area (Å²) in [6.45, 7) is 8.75. The number of nitrogen functional groups attached to an aromatic ring is 2. The Labute approximate surface area is 433 Å². The lowest BCUT2D eigenvalue weighted by Gasteiger charge is -2.39. The Morgan fingerprint density at radius 3 is 1.26 bits per heavy atom. The van der Waals surface area contributed by atoms with Crippen LogP contribution in [0.2, 0.25) is 0 Å². The number of thiophene rings is 2. The normalized spacial score (nSPS) is 16.9. The van der Waals surface area contributed by atoms with Gasteiger partial charge in [-0.25, -0.2) is 9.59 Å². The van der Waals surface area contributed by atoms with Gasteiger partial charge in [0.25, 0.3) is 0 Å². The predicted octanol–water partition coefficient (Wildman–Crippen LogP) is 10.9. The van der Waals surface area contributed by atoms with Crippen LogP contribution in [0.15, 0.2) is 120 Å². The van der Waals surface area contributed by atoms with Gasteiger partial charge >= 0.3 is 12.1 Å². The number of piperazine rings is 1. The molecule has 0 bridgehead atoms. The van der Waals surface area contributed by atoms with Crippen LogP contribution in [-0.2, 0) is 25.7 Å². The number of carbonyl (C=O) groups excluding carboxylic acids is 4. The topological polar surface area (TPSA) is 137 Å². The van der Waals surface area contributed by atoms with Crippen LogP contribution in [0.5, 0.6) is 0 Å². The van der Waals surface area contributed by atoms with Gasteiger partial charge in [0, 0.05) is 111 Å². The molecule has 72 heavy (non-hydrogen) atoms. The second-order valence-corrected chi connectivity index (χ2v) is 22.1. The highest BCUT2D eigenvalue weighted by Gasteiger charge is 2.30. The smallest absolute Gasteiger partial charge is 0.320 e. The van der Waals surface area contributed by atoms with Crippen molar-refractivity contribution in [2.45, 2.75) is 64.2 Å². The fraction of sp³-hybridized carbons (Fsp3) is 0.390. The highest BCUT2D eigenvalue weighted by atomic mass is 32.1. The summed E-state index contributed by atoms with van der Waals surface area (Å²) in [5, 5.41) is 4.10. The number of carbonyl (C=O) groups is 4. The summed E-state index contributed by atoms with van der Waals surface area (Å²) in [6.07, 6.45) is 8.99. The number of likely N-dealkylation sites (N-methyl/N-ethyl adjacent to an activating group) is 1. The van der Waals surface area contributed by atoms with Crippen molar-refractivity contribution in [1.82, 2.24) is 24.5 Å². The Balaban J connectivity index is 0.000000178. The molecule has 11 nitrogen and oxygen atoms in total. The highest BCUT2D eigenvalue weighted by molar-refractivity contribution is 7.13. The third kappa shape index (κ3) is 13.0. The van der Waals surface area contributed by atoms with E-state index < -0.39 is 0 Å². The van der Waals surface area contributed by atoms with Gasteiger partial charge in [0.15, 0.2) is 11.6 Å². The second-order valence-electron chi connectivity index (χ2n) is 20.2. The molecule has 2 aromatic heterocycles. The van der Waals surface area contributed by atoms with E-state index in [0.29, 0.717) is 36.1 Å². The van der Waals surface area contributed by atoms with Crippen LogP contribution in [0.1, 0.15) is 81.5 Å². The summed E-state index contributed by atoms with van der Waals surface area (Å²) < 4.78 is 0. The van der Waals surface area contributed by atoms with Crippen molar-refractivity contribution in [3.05, 3.63) is 153 Å². The molecule has 376 valence electrons. The molecule has 4 aliphatic rings. The third-order valence-corrected chi connectivity index (χ3v) is 17.0. The van der Waals surface area contributed by atoms with Gasteiger partial charge in [-0.05, 0) is 151 Å². The molecule has 10 rings (SSSR count). The molecule has 4 aromatic carbocycles. The van der Waals surface area contributed by atoms with Gasteiger partial charge < -0.3 is 36.0 Å². The Morgan fingerprint density at radius 1 is 0.486 bits per heavy atom. The Hall–Kier alpha value is -6.28. The first-order valence-electron chi connectivity index (χ1n) is 25.9. The lowest BCUT2D eigenvalue weighted by atomic mass is 9.89. The number of hydrogen-bond acceptors (Lipinski definition) is 9. The maximum absolute atomic E-state index is 13.0. The molecule has 0 aliphatic carbocycles. The lowest BCUT2D eigenvalue weighted by Crippen LogP contribution is -2.53. The van der Waals surface area contributed by atoms with Gasteiger partial charge in [-0.1, -0.05) is 72.8 Å². The third-order valence-electron chi connectivity index (χ3n) is 15.1. The summed E-state index contributed by atoms with van der Waals surface area (Å²) in [7, 11) is 2.11. The minimum Gasteiger partial charge on any atom is -0.398 e. The summed E-state index contributed by atoms with van der Waals surface area (Å²) in [5.41, 5.74) is 21.6. The van der Waals surface area contributed by atoms with Crippen molar-refractivity contribution >= 4 is 57.7 Å². The molecule has 4 aliphatic heterocycles. The van der Waals surface area contributed by atoms with Crippen LogP contribution < -0.4 is 11.5 Å². The molecular weight excluding hydrogens is 935 g/mol. The number of nitrogens with two attached hydrogens (primary N) is 2. The van der Waals surface area contributed by atoms with Crippen molar-refractivity contribution in [2.24, 2.45) is 11.8 Å². The maximum atomic E-state index is 13.0. The molecule has 0 unspecified atom stereocenters. The van der Waals surface area contributed by atoms with Crippen LogP contribution in [-0.4, -0.2) is 121 Å². The molecule has 4 amide bonds. The number of amides is 4. The van der Waals surface area contributed by atoms with E-state index in [1.165, 1.54) is 20.9 Å². The van der Waals surface area contributed by atoms with E-state index in [2.05, 4.69) is 59.1 Å². The summed E-state index contributed by atoms with van der Waals surface area (Å²) in [6, 6.07) is 36.7. The molecular formula is C59H69N7O4S2. The van der Waals surface area contributed by atoms with Crippen LogP contribution in [0.3, 0.4) is 0 Å². The van der Waals surface area contributed by atoms with Crippen molar-refractivity contribution in [3.8, 4) is 20.9 Å². The van der Waals surface area contributed by atoms with Crippen LogP contribution in [0, 0.1) is 11.8 Å². The van der Waals surface area contributed by atoms with E-state index in [0.717, 1.165) is 150 Å². The largest absolute Gasteiger partial charge is 0.398 e. The molecule has 6 heterocycles. The molecule has 0 spiro atoms. The Morgan fingerprint density at radius 2 is 0.875 bits per heavy atom. The number of likely N-dealkylation sites (tertiary alicyclic amines) is 3. The zero-order chi connectivity index (χ0) is 50.0. The number of hydrogen-bond donors (Lipinski definition) is 2. The SMILES string of the molecule is CN1CCN(C(=O)N2CCC(Cc3ccc(C(=O)Cc4cc(-c5cccs5)ccc4N)cc3)CC2)CC1.Nc1ccc(-c2cccs2)cc1CC(=O)c1ccc(CC2CCN(C(=O)N3CCCC3)CC2)cc1. The number of nitrogens with zero attached hydrogens (tertiary/aromatic N) is 5. The second kappa shape index (κ2) is 24.0. The Bertz CT molecular complexity index is 2750. The van der Waals surface area contributed by atoms with Crippen LogP contribution >= 0.6 is 22.7 Å². The van der Waals surface area contributed by atoms with Crippen LogP contribution in [0.25, 0.3) is 20.9 Å². The molecule has 0 radical (unpaired) electrons. The summed E-state index contributed by atoms with van der Waals surface area (Å²) in [4.78, 5) is 64.1. The number of ketones is 2. The molecule has 13 heteroatoms. The van der Waals surface area contributed by atoms with E-state index in [1.54, 1.807) is 22.7 Å². The zero-order valence-corrected chi connectivity index (χ0v) is 43.3. The van der Waals surface area contributed by atoms with E-state index in [1.807, 2.05) is 92.4 Å². The molecule has 4 saturated heterocycles. The van der Waals surface area contributed by atoms with Gasteiger partial charge in [-0.2, -0.15) is 0 Å². The predicted molar refractivity (Wildman–Crippen MR) is 294 cm³/mol. The number of anilines is 2. The molecule has 4 N–H and O–H groups in total. The lowest BCUT2D eigenvalue weighted by molar-refractivity contribution is 0.0985. The first kappa shape index (κ1) is 50.7. The fourth-order valence-corrected chi connectivity index (χ4v) is 12.0. The van der Waals surface area contributed by atoms with Crippen molar-refractivity contribution < 1.29 is 19.2 Å². The first-order chi connectivity index (χ1) is 35.0. The maximum Gasteiger partial charge on any atom is 0.320 e.